The molecule has 0 radical (unpaired) electrons. The lowest BCUT2D eigenvalue weighted by molar-refractivity contribution is 0.462. The van der Waals surface area contributed by atoms with E-state index in [1.54, 1.807) is 24.3 Å². The number of phenols is 2. The second kappa shape index (κ2) is 4.65. The Morgan fingerprint density at radius 1 is 0.882 bits per heavy atom. The summed E-state index contributed by atoms with van der Waals surface area (Å²) < 4.78 is 0. The molecule has 0 unspecified atom stereocenters. The maximum absolute atomic E-state index is 9.87. The van der Waals surface area contributed by atoms with Crippen LogP contribution in [0.1, 0.15) is 0 Å². The highest BCUT2D eigenvalue weighted by molar-refractivity contribution is 6.38. The van der Waals surface area contributed by atoms with Gasteiger partial charge in [-0.3, -0.25) is 0 Å². The Bertz CT molecular complexity index is 539. The van der Waals surface area contributed by atoms with E-state index < -0.39 is 0 Å². The SMILES string of the molecule is Oc1cc(Cl)c(O)c(-c2ccc(Cl)cc2)c1Cl. The molecule has 0 amide bonds. The van der Waals surface area contributed by atoms with Crippen molar-refractivity contribution in [2.45, 2.75) is 0 Å². The Morgan fingerprint density at radius 3 is 2.06 bits per heavy atom. The molecule has 2 aromatic rings. The van der Waals surface area contributed by atoms with Crippen LogP contribution in [0.4, 0.5) is 0 Å². The minimum Gasteiger partial charge on any atom is -0.506 e. The topological polar surface area (TPSA) is 40.5 Å². The smallest absolute Gasteiger partial charge is 0.143 e. The first-order valence-corrected chi connectivity index (χ1v) is 5.80. The van der Waals surface area contributed by atoms with Crippen molar-refractivity contribution in [1.29, 1.82) is 0 Å². The van der Waals surface area contributed by atoms with Crippen LogP contribution in [0.15, 0.2) is 30.3 Å². The lowest BCUT2D eigenvalue weighted by atomic mass is 10.0. The molecule has 2 N–H and O–H groups in total. The quantitative estimate of drug-likeness (QED) is 0.745. The molecule has 0 saturated heterocycles. The normalized spacial score (nSPS) is 10.5. The zero-order valence-electron chi connectivity index (χ0n) is 8.42. The maximum atomic E-state index is 9.87. The zero-order valence-corrected chi connectivity index (χ0v) is 10.7. The van der Waals surface area contributed by atoms with Crippen molar-refractivity contribution in [3.63, 3.8) is 0 Å². The van der Waals surface area contributed by atoms with E-state index in [1.807, 2.05) is 0 Å². The molecule has 0 heterocycles. The molecular formula is C12H7Cl3O2. The molecule has 0 aliphatic carbocycles. The summed E-state index contributed by atoms with van der Waals surface area (Å²) in [5, 5.41) is 20.1. The molecule has 0 aliphatic rings. The van der Waals surface area contributed by atoms with E-state index in [1.165, 1.54) is 6.07 Å². The van der Waals surface area contributed by atoms with Gasteiger partial charge in [-0.15, -0.1) is 0 Å². The average molecular weight is 290 g/mol. The summed E-state index contributed by atoms with van der Waals surface area (Å²) >= 11 is 17.5. The van der Waals surface area contributed by atoms with Crippen molar-refractivity contribution in [3.05, 3.63) is 45.4 Å². The molecule has 5 heteroatoms. The fourth-order valence-electron chi connectivity index (χ4n) is 1.48. The van der Waals surface area contributed by atoms with E-state index in [0.717, 1.165) is 0 Å². The summed E-state index contributed by atoms with van der Waals surface area (Å²) in [5.74, 6) is -0.351. The molecular weight excluding hydrogens is 282 g/mol. The molecule has 2 rings (SSSR count). The molecule has 0 atom stereocenters. The number of benzene rings is 2. The molecule has 0 fully saturated rings. The molecule has 0 bridgehead atoms. The molecule has 0 spiro atoms. The molecule has 2 aromatic carbocycles. The summed E-state index contributed by atoms with van der Waals surface area (Å²) in [4.78, 5) is 0. The van der Waals surface area contributed by atoms with Crippen LogP contribution in [0.2, 0.25) is 15.1 Å². The summed E-state index contributed by atoms with van der Waals surface area (Å²) in [6.45, 7) is 0. The standard InChI is InChI=1S/C12H7Cl3O2/c13-7-3-1-6(2-4-7)10-11(15)9(16)5-8(14)12(10)17/h1-5,16-17H. The van der Waals surface area contributed by atoms with Gasteiger partial charge in [0.1, 0.15) is 11.5 Å². The Morgan fingerprint density at radius 2 is 1.47 bits per heavy atom. The third-order valence-electron chi connectivity index (χ3n) is 2.30. The molecule has 2 nitrogen and oxygen atoms in total. The van der Waals surface area contributed by atoms with Gasteiger partial charge < -0.3 is 10.2 Å². The highest BCUT2D eigenvalue weighted by Gasteiger charge is 2.16. The second-order valence-electron chi connectivity index (χ2n) is 3.42. The number of aromatic hydroxyl groups is 2. The van der Waals surface area contributed by atoms with Crippen molar-refractivity contribution in [3.8, 4) is 22.6 Å². The average Bonchev–Trinajstić information content (AvgIpc) is 2.29. The van der Waals surface area contributed by atoms with Gasteiger partial charge in [-0.2, -0.15) is 0 Å². The van der Waals surface area contributed by atoms with E-state index in [0.29, 0.717) is 10.6 Å². The van der Waals surface area contributed by atoms with Crippen LogP contribution < -0.4 is 0 Å². The Labute approximate surface area is 113 Å². The van der Waals surface area contributed by atoms with Crippen molar-refractivity contribution < 1.29 is 10.2 Å². The lowest BCUT2D eigenvalue weighted by Crippen LogP contribution is -1.83. The summed E-state index contributed by atoms with van der Waals surface area (Å²) in [6, 6.07) is 7.87. The van der Waals surface area contributed by atoms with E-state index in [9.17, 15) is 10.2 Å². The first-order valence-electron chi connectivity index (χ1n) is 4.66. The number of hydrogen-bond acceptors (Lipinski definition) is 2. The van der Waals surface area contributed by atoms with Gasteiger partial charge >= 0.3 is 0 Å². The largest absolute Gasteiger partial charge is 0.506 e. The van der Waals surface area contributed by atoms with Crippen molar-refractivity contribution in [2.24, 2.45) is 0 Å². The van der Waals surface area contributed by atoms with Gasteiger partial charge in [0.25, 0.3) is 0 Å². The van der Waals surface area contributed by atoms with Gasteiger partial charge in [0, 0.05) is 16.7 Å². The fraction of sp³-hybridized carbons (Fsp3) is 0. The van der Waals surface area contributed by atoms with Gasteiger partial charge in [-0.05, 0) is 17.7 Å². The minimum absolute atomic E-state index is 0.0388. The molecule has 17 heavy (non-hydrogen) atoms. The summed E-state index contributed by atoms with van der Waals surface area (Å²) in [5.41, 5.74) is 0.906. The Kier molecular flexibility index (Phi) is 3.38. The van der Waals surface area contributed by atoms with Crippen LogP contribution in [0.3, 0.4) is 0 Å². The van der Waals surface area contributed by atoms with Crippen molar-refractivity contribution >= 4 is 34.8 Å². The minimum atomic E-state index is -0.181. The van der Waals surface area contributed by atoms with Crippen molar-refractivity contribution in [2.75, 3.05) is 0 Å². The van der Waals surface area contributed by atoms with Gasteiger partial charge in [0.2, 0.25) is 0 Å². The van der Waals surface area contributed by atoms with Gasteiger partial charge in [-0.1, -0.05) is 46.9 Å². The van der Waals surface area contributed by atoms with Crippen LogP contribution in [0.25, 0.3) is 11.1 Å². The monoisotopic (exact) mass is 288 g/mol. The van der Waals surface area contributed by atoms with E-state index in [4.69, 9.17) is 34.8 Å². The van der Waals surface area contributed by atoms with E-state index in [-0.39, 0.29) is 27.1 Å². The predicted molar refractivity (Wildman–Crippen MR) is 70.2 cm³/mol. The van der Waals surface area contributed by atoms with E-state index in [2.05, 4.69) is 0 Å². The van der Waals surface area contributed by atoms with Crippen LogP contribution >= 0.6 is 34.8 Å². The highest BCUT2D eigenvalue weighted by atomic mass is 35.5. The third kappa shape index (κ3) is 2.29. The van der Waals surface area contributed by atoms with Crippen LogP contribution in [-0.2, 0) is 0 Å². The van der Waals surface area contributed by atoms with Gasteiger partial charge in [0.05, 0.1) is 10.0 Å². The molecule has 0 saturated carbocycles. The number of rotatable bonds is 1. The van der Waals surface area contributed by atoms with Gasteiger partial charge in [-0.25, -0.2) is 0 Å². The lowest BCUT2D eigenvalue weighted by Gasteiger charge is -2.10. The highest BCUT2D eigenvalue weighted by Crippen LogP contribution is 2.45. The maximum Gasteiger partial charge on any atom is 0.143 e. The van der Waals surface area contributed by atoms with Crippen molar-refractivity contribution in [1.82, 2.24) is 0 Å². The van der Waals surface area contributed by atoms with Gasteiger partial charge in [0.15, 0.2) is 0 Å². The Balaban J connectivity index is 2.70. The molecule has 88 valence electrons. The summed E-state index contributed by atoms with van der Waals surface area (Å²) in [7, 11) is 0. The zero-order chi connectivity index (χ0) is 12.6. The second-order valence-corrected chi connectivity index (χ2v) is 4.64. The number of halogens is 3. The van der Waals surface area contributed by atoms with Crippen LogP contribution in [0.5, 0.6) is 11.5 Å². The number of phenolic OH excluding ortho intramolecular Hbond substituents is 2. The first-order chi connectivity index (χ1) is 8.00. The van der Waals surface area contributed by atoms with Crippen LogP contribution in [-0.4, -0.2) is 10.2 Å². The third-order valence-corrected chi connectivity index (χ3v) is 3.23. The molecule has 0 aliphatic heterocycles. The predicted octanol–water partition coefficient (Wildman–Crippen LogP) is 4.73. The molecule has 0 aromatic heterocycles. The van der Waals surface area contributed by atoms with E-state index >= 15 is 0 Å². The first kappa shape index (κ1) is 12.4. The summed E-state index contributed by atoms with van der Waals surface area (Å²) in [6.07, 6.45) is 0. The van der Waals surface area contributed by atoms with Crippen LogP contribution in [0, 0.1) is 0 Å². The Hall–Kier alpha value is -1.09. The fourth-order valence-corrected chi connectivity index (χ4v) is 2.06. The number of hydrogen-bond donors (Lipinski definition) is 2.